The van der Waals surface area contributed by atoms with Crippen LogP contribution in [-0.4, -0.2) is 12.4 Å². The normalized spacial score (nSPS) is 33.0. The van der Waals surface area contributed by atoms with Gasteiger partial charge < -0.3 is 0 Å². The zero-order valence-electron chi connectivity index (χ0n) is 9.87. The van der Waals surface area contributed by atoms with E-state index in [0.29, 0.717) is 19.3 Å². The van der Waals surface area contributed by atoms with Crippen molar-refractivity contribution in [3.63, 3.8) is 0 Å². The first-order valence-corrected chi connectivity index (χ1v) is 6.33. The molecule has 0 N–H and O–H groups in total. The van der Waals surface area contributed by atoms with E-state index in [4.69, 9.17) is 0 Å². The first-order chi connectivity index (χ1) is 8.20. The van der Waals surface area contributed by atoms with E-state index in [1.165, 1.54) is 0 Å². The van der Waals surface area contributed by atoms with Gasteiger partial charge in [-0.15, -0.1) is 0 Å². The Bertz CT molecular complexity index is 287. The van der Waals surface area contributed by atoms with Gasteiger partial charge in [0.05, 0.1) is 0 Å². The topological polar surface area (TPSA) is 0 Å². The molecular formula is C12H16F6. The largest absolute Gasteiger partial charge is 0.403 e. The van der Waals surface area contributed by atoms with Crippen LogP contribution in [0.4, 0.5) is 26.3 Å². The molecule has 2 unspecified atom stereocenters. The summed E-state index contributed by atoms with van der Waals surface area (Å²) in [5.41, 5.74) is -3.46. The molecule has 18 heavy (non-hydrogen) atoms. The van der Waals surface area contributed by atoms with Crippen LogP contribution in [0.2, 0.25) is 0 Å². The number of alkyl halides is 6. The van der Waals surface area contributed by atoms with Crippen molar-refractivity contribution in [2.75, 3.05) is 0 Å². The molecule has 0 nitrogen and oxygen atoms in total. The van der Waals surface area contributed by atoms with Crippen LogP contribution >= 0.6 is 0 Å². The third-order valence-corrected chi connectivity index (χ3v) is 4.70. The highest BCUT2D eigenvalue weighted by molar-refractivity contribution is 5.03. The van der Waals surface area contributed by atoms with Crippen LogP contribution in [-0.2, 0) is 0 Å². The maximum Gasteiger partial charge on any atom is 0.403 e. The van der Waals surface area contributed by atoms with E-state index in [2.05, 4.69) is 0 Å². The summed E-state index contributed by atoms with van der Waals surface area (Å²) in [6.45, 7) is 0. The Labute approximate surface area is 102 Å². The Morgan fingerprint density at radius 3 is 1.78 bits per heavy atom. The smallest absolute Gasteiger partial charge is 0.170 e. The lowest BCUT2D eigenvalue weighted by Crippen LogP contribution is -2.58. The zero-order chi connectivity index (χ0) is 13.6. The summed E-state index contributed by atoms with van der Waals surface area (Å²) in [6, 6.07) is 0. The molecule has 0 spiro atoms. The molecule has 2 rings (SSSR count). The van der Waals surface area contributed by atoms with Crippen molar-refractivity contribution in [1.82, 2.24) is 0 Å². The third kappa shape index (κ3) is 1.92. The van der Waals surface area contributed by atoms with E-state index in [0.717, 1.165) is 6.42 Å². The molecule has 2 saturated carbocycles. The average Bonchev–Trinajstić information content (AvgIpc) is 2.25. The van der Waals surface area contributed by atoms with E-state index in [9.17, 15) is 26.3 Å². The highest BCUT2D eigenvalue weighted by Crippen LogP contribution is 2.64. The van der Waals surface area contributed by atoms with Gasteiger partial charge in [-0.3, -0.25) is 0 Å². The van der Waals surface area contributed by atoms with Gasteiger partial charge in [0.25, 0.3) is 0 Å². The molecule has 0 aliphatic heterocycles. The summed E-state index contributed by atoms with van der Waals surface area (Å²) in [7, 11) is 0. The highest BCUT2D eigenvalue weighted by atomic mass is 19.4. The minimum atomic E-state index is -5.19. The predicted molar refractivity (Wildman–Crippen MR) is 53.8 cm³/mol. The van der Waals surface area contributed by atoms with Crippen LogP contribution in [0.5, 0.6) is 0 Å². The molecule has 2 aliphatic carbocycles. The Hall–Kier alpha value is -0.420. The summed E-state index contributed by atoms with van der Waals surface area (Å²) in [6.07, 6.45) is -8.82. The minimum absolute atomic E-state index is 0.0280. The molecule has 106 valence electrons. The Morgan fingerprint density at radius 1 is 0.722 bits per heavy atom. The van der Waals surface area contributed by atoms with Crippen LogP contribution in [0.25, 0.3) is 0 Å². The lowest BCUT2D eigenvalue weighted by molar-refractivity contribution is -0.374. The molecular weight excluding hydrogens is 258 g/mol. The maximum atomic E-state index is 13.1. The van der Waals surface area contributed by atoms with Gasteiger partial charge in [0, 0.05) is 0 Å². The molecule has 0 heterocycles. The standard InChI is InChI=1S/C12H16F6/c13-11(14,15)10(12(16,17)18)7-3-5-8-4-1-2-6-9(8)10/h8-9H,1-7H2. The van der Waals surface area contributed by atoms with E-state index >= 15 is 0 Å². The van der Waals surface area contributed by atoms with Crippen LogP contribution < -0.4 is 0 Å². The van der Waals surface area contributed by atoms with Gasteiger partial charge in [-0.25, -0.2) is 0 Å². The second-order valence-corrected chi connectivity index (χ2v) is 5.51. The van der Waals surface area contributed by atoms with Gasteiger partial charge in [-0.05, 0) is 24.7 Å². The summed E-state index contributed by atoms with van der Waals surface area (Å²) in [5.74, 6) is -1.67. The third-order valence-electron chi connectivity index (χ3n) is 4.70. The van der Waals surface area contributed by atoms with Crippen LogP contribution in [0.3, 0.4) is 0 Å². The molecule has 2 aliphatic rings. The first kappa shape index (κ1) is 14.0. The zero-order valence-corrected chi connectivity index (χ0v) is 9.87. The van der Waals surface area contributed by atoms with Gasteiger partial charge in [-0.2, -0.15) is 26.3 Å². The fourth-order valence-corrected chi connectivity index (χ4v) is 3.90. The molecule has 2 atom stereocenters. The van der Waals surface area contributed by atoms with Crippen molar-refractivity contribution >= 4 is 0 Å². The number of rotatable bonds is 0. The minimum Gasteiger partial charge on any atom is -0.170 e. The van der Waals surface area contributed by atoms with E-state index in [1.54, 1.807) is 0 Å². The van der Waals surface area contributed by atoms with E-state index < -0.39 is 36.0 Å². The van der Waals surface area contributed by atoms with Crippen molar-refractivity contribution in [3.05, 3.63) is 0 Å². The summed E-state index contributed by atoms with van der Waals surface area (Å²) >= 11 is 0. The number of hydrogen-bond acceptors (Lipinski definition) is 0. The van der Waals surface area contributed by atoms with E-state index in [-0.39, 0.29) is 12.8 Å². The quantitative estimate of drug-likeness (QED) is 0.540. The molecule has 0 saturated heterocycles. The Balaban J connectivity index is 2.44. The van der Waals surface area contributed by atoms with Gasteiger partial charge in [0.2, 0.25) is 0 Å². The lowest BCUT2D eigenvalue weighted by Gasteiger charge is -2.51. The molecule has 0 aromatic heterocycles. The summed E-state index contributed by atoms with van der Waals surface area (Å²) in [4.78, 5) is 0. The average molecular weight is 274 g/mol. The number of fused-ring (bicyclic) bond motifs is 1. The molecule has 0 bridgehead atoms. The van der Waals surface area contributed by atoms with E-state index in [1.807, 2.05) is 0 Å². The van der Waals surface area contributed by atoms with Crippen molar-refractivity contribution in [2.45, 2.75) is 57.3 Å². The van der Waals surface area contributed by atoms with Crippen molar-refractivity contribution < 1.29 is 26.3 Å². The maximum absolute atomic E-state index is 13.1. The lowest BCUT2D eigenvalue weighted by atomic mass is 9.56. The molecule has 0 aromatic rings. The second kappa shape index (κ2) is 4.30. The van der Waals surface area contributed by atoms with Gasteiger partial charge in [0.15, 0.2) is 5.41 Å². The molecule has 6 heteroatoms. The van der Waals surface area contributed by atoms with Crippen molar-refractivity contribution in [3.8, 4) is 0 Å². The summed E-state index contributed by atoms with van der Waals surface area (Å²) < 4.78 is 78.9. The molecule has 0 radical (unpaired) electrons. The summed E-state index contributed by atoms with van der Waals surface area (Å²) in [5, 5.41) is 0. The van der Waals surface area contributed by atoms with Crippen LogP contribution in [0.1, 0.15) is 44.9 Å². The number of hydrogen-bond donors (Lipinski definition) is 0. The fourth-order valence-electron chi connectivity index (χ4n) is 3.90. The van der Waals surface area contributed by atoms with Gasteiger partial charge in [-0.1, -0.05) is 32.1 Å². The van der Waals surface area contributed by atoms with Crippen LogP contribution in [0.15, 0.2) is 0 Å². The number of halogens is 6. The van der Waals surface area contributed by atoms with Crippen molar-refractivity contribution in [1.29, 1.82) is 0 Å². The van der Waals surface area contributed by atoms with Gasteiger partial charge in [0.1, 0.15) is 0 Å². The van der Waals surface area contributed by atoms with Crippen molar-refractivity contribution in [2.24, 2.45) is 17.3 Å². The first-order valence-electron chi connectivity index (χ1n) is 6.33. The predicted octanol–water partition coefficient (Wildman–Crippen LogP) is 5.09. The molecule has 2 fully saturated rings. The highest BCUT2D eigenvalue weighted by Gasteiger charge is 2.74. The molecule has 0 amide bonds. The van der Waals surface area contributed by atoms with Gasteiger partial charge >= 0.3 is 12.4 Å². The second-order valence-electron chi connectivity index (χ2n) is 5.51. The Morgan fingerprint density at radius 2 is 1.22 bits per heavy atom. The SMILES string of the molecule is FC(F)(F)C1(C(F)(F)F)CCCC2CCCCC21. The monoisotopic (exact) mass is 274 g/mol. The van der Waals surface area contributed by atoms with Crippen LogP contribution in [0, 0.1) is 17.3 Å². The fraction of sp³-hybridized carbons (Fsp3) is 1.00. The Kier molecular flexibility index (Phi) is 3.35. The molecule has 0 aromatic carbocycles.